The molecule has 2 aliphatic heterocycles. The van der Waals surface area contributed by atoms with Gasteiger partial charge in [0.2, 0.25) is 5.91 Å². The molecule has 4 N–H and O–H groups in total. The lowest BCUT2D eigenvalue weighted by atomic mass is 9.92. The monoisotopic (exact) mass is 339 g/mol. The number of hydrogen-bond acceptors (Lipinski definition) is 5. The van der Waals surface area contributed by atoms with Crippen LogP contribution in [0.1, 0.15) is 12.8 Å². The quantitative estimate of drug-likeness (QED) is 0.771. The fourth-order valence-electron chi connectivity index (χ4n) is 2.70. The van der Waals surface area contributed by atoms with Crippen LogP contribution >= 0.6 is 11.6 Å². The number of rotatable bonds is 3. The Hall–Kier alpha value is -1.83. The number of fused-ring (bicyclic) bond motifs is 1. The van der Waals surface area contributed by atoms with Crippen LogP contribution in [0.15, 0.2) is 12.1 Å². The maximum atomic E-state index is 12.3. The molecule has 0 spiro atoms. The number of amides is 2. The molecular weight excluding hydrogens is 322 g/mol. The minimum atomic E-state index is -0.619. The molecule has 0 aromatic heterocycles. The van der Waals surface area contributed by atoms with Gasteiger partial charge in [0.1, 0.15) is 5.75 Å². The van der Waals surface area contributed by atoms with Crippen LogP contribution in [0.5, 0.6) is 5.75 Å². The van der Waals surface area contributed by atoms with Gasteiger partial charge in [-0.15, -0.1) is 0 Å². The van der Waals surface area contributed by atoms with Crippen LogP contribution < -0.4 is 21.1 Å². The third kappa shape index (κ3) is 3.57. The zero-order chi connectivity index (χ0) is 16.4. The average Bonchev–Trinajstić information content (AvgIpc) is 2.55. The molecule has 1 fully saturated rings. The summed E-state index contributed by atoms with van der Waals surface area (Å²) < 4.78 is 10.6. The molecule has 2 heterocycles. The fourth-order valence-corrected chi connectivity index (χ4v) is 2.91. The summed E-state index contributed by atoms with van der Waals surface area (Å²) in [4.78, 5) is 23.6. The summed E-state index contributed by atoms with van der Waals surface area (Å²) in [6, 6.07) is 2.52. The summed E-state index contributed by atoms with van der Waals surface area (Å²) >= 11 is 6.16. The molecule has 0 saturated carbocycles. The lowest BCUT2D eigenvalue weighted by Gasteiger charge is -2.27. The van der Waals surface area contributed by atoms with Crippen molar-refractivity contribution >= 4 is 34.8 Å². The summed E-state index contributed by atoms with van der Waals surface area (Å²) in [6.45, 7) is 1.18. The van der Waals surface area contributed by atoms with Gasteiger partial charge in [-0.05, 0) is 24.8 Å². The number of halogens is 1. The van der Waals surface area contributed by atoms with Gasteiger partial charge in [-0.2, -0.15) is 0 Å². The predicted molar refractivity (Wildman–Crippen MR) is 85.7 cm³/mol. The highest BCUT2D eigenvalue weighted by Crippen LogP contribution is 2.36. The number of anilines is 2. The van der Waals surface area contributed by atoms with Gasteiger partial charge >= 0.3 is 0 Å². The number of carbonyl (C=O) groups is 2. The Bertz CT molecular complexity index is 631. The average molecular weight is 340 g/mol. The van der Waals surface area contributed by atoms with Crippen LogP contribution in [0, 0.1) is 5.92 Å². The maximum Gasteiger partial charge on any atom is 0.262 e. The molecular formula is C15H18ClN3O4. The molecule has 8 heteroatoms. The molecule has 2 amide bonds. The molecule has 0 aliphatic carbocycles. The van der Waals surface area contributed by atoms with E-state index < -0.39 is 6.04 Å². The Morgan fingerprint density at radius 1 is 1.39 bits per heavy atom. The highest BCUT2D eigenvalue weighted by atomic mass is 35.5. The molecule has 1 atom stereocenters. The molecule has 1 aromatic rings. The minimum Gasteiger partial charge on any atom is -0.482 e. The molecule has 0 bridgehead atoms. The van der Waals surface area contributed by atoms with Gasteiger partial charge in [0.25, 0.3) is 5.91 Å². The van der Waals surface area contributed by atoms with Crippen molar-refractivity contribution in [3.8, 4) is 5.75 Å². The van der Waals surface area contributed by atoms with Crippen LogP contribution in [0.3, 0.4) is 0 Å². The number of nitrogens with one attached hydrogen (secondary N) is 2. The summed E-state index contributed by atoms with van der Waals surface area (Å²) in [5.41, 5.74) is 6.94. The second kappa shape index (κ2) is 6.74. The number of ether oxygens (including phenoxy) is 2. The Balaban J connectivity index is 1.72. The van der Waals surface area contributed by atoms with Crippen LogP contribution in [0.2, 0.25) is 5.02 Å². The Labute approximate surface area is 138 Å². The smallest absolute Gasteiger partial charge is 0.262 e. The van der Waals surface area contributed by atoms with Gasteiger partial charge in [0, 0.05) is 19.3 Å². The first-order chi connectivity index (χ1) is 11.0. The van der Waals surface area contributed by atoms with Crippen LogP contribution in [-0.4, -0.2) is 37.7 Å². The number of carbonyl (C=O) groups excluding carboxylic acids is 2. The number of hydrogen-bond donors (Lipinski definition) is 3. The Kier molecular flexibility index (Phi) is 4.70. The van der Waals surface area contributed by atoms with E-state index in [0.717, 1.165) is 12.8 Å². The van der Waals surface area contributed by atoms with E-state index in [4.69, 9.17) is 26.8 Å². The Morgan fingerprint density at radius 2 is 2.13 bits per heavy atom. The van der Waals surface area contributed by atoms with Gasteiger partial charge in [-0.1, -0.05) is 11.6 Å². The highest BCUT2D eigenvalue weighted by Gasteiger charge is 2.27. The second-order valence-corrected chi connectivity index (χ2v) is 6.04. The molecule has 1 aromatic carbocycles. The van der Waals surface area contributed by atoms with E-state index in [1.807, 2.05) is 0 Å². The molecule has 1 unspecified atom stereocenters. The van der Waals surface area contributed by atoms with E-state index in [-0.39, 0.29) is 24.3 Å². The number of nitrogens with two attached hydrogens (primary N) is 1. The van der Waals surface area contributed by atoms with Crippen molar-refractivity contribution in [1.82, 2.24) is 0 Å². The minimum absolute atomic E-state index is 0.0659. The van der Waals surface area contributed by atoms with Crippen molar-refractivity contribution < 1.29 is 19.1 Å². The summed E-state index contributed by atoms with van der Waals surface area (Å²) in [6.07, 6.45) is 1.53. The lowest BCUT2D eigenvalue weighted by Crippen LogP contribution is -2.44. The normalized spacial score (nSPS) is 19.3. The van der Waals surface area contributed by atoms with Crippen molar-refractivity contribution in [2.75, 3.05) is 30.5 Å². The second-order valence-electron chi connectivity index (χ2n) is 5.63. The molecule has 7 nitrogen and oxygen atoms in total. The fraction of sp³-hybridized carbons (Fsp3) is 0.467. The summed E-state index contributed by atoms with van der Waals surface area (Å²) in [5.74, 6) is 0.0186. The third-order valence-electron chi connectivity index (χ3n) is 4.04. The van der Waals surface area contributed by atoms with E-state index in [1.165, 1.54) is 0 Å². The number of benzene rings is 1. The van der Waals surface area contributed by atoms with Crippen molar-refractivity contribution in [2.24, 2.45) is 11.7 Å². The first kappa shape index (κ1) is 16.0. The van der Waals surface area contributed by atoms with Crippen molar-refractivity contribution in [3.05, 3.63) is 17.2 Å². The SMILES string of the molecule is NC(C(=O)Nc1cc2c(cc1Cl)NC(=O)CO2)C1CCOCC1. The largest absolute Gasteiger partial charge is 0.482 e. The standard InChI is InChI=1S/C15H18ClN3O4/c16-9-5-11-12(23-7-13(20)18-11)6-10(9)19-15(21)14(17)8-1-3-22-4-2-8/h5-6,8,14H,1-4,7,17H2,(H,18,20)(H,19,21). The van der Waals surface area contributed by atoms with Crippen LogP contribution in [0.4, 0.5) is 11.4 Å². The summed E-state index contributed by atoms with van der Waals surface area (Å²) in [5, 5.41) is 5.70. The highest BCUT2D eigenvalue weighted by molar-refractivity contribution is 6.34. The lowest BCUT2D eigenvalue weighted by molar-refractivity contribution is -0.119. The van der Waals surface area contributed by atoms with E-state index in [2.05, 4.69) is 10.6 Å². The molecule has 124 valence electrons. The van der Waals surface area contributed by atoms with E-state index in [1.54, 1.807) is 12.1 Å². The van der Waals surface area contributed by atoms with Crippen molar-refractivity contribution in [3.63, 3.8) is 0 Å². The molecule has 23 heavy (non-hydrogen) atoms. The van der Waals surface area contributed by atoms with Gasteiger partial charge in [-0.3, -0.25) is 9.59 Å². The van der Waals surface area contributed by atoms with Gasteiger partial charge < -0.3 is 25.8 Å². The summed E-state index contributed by atoms with van der Waals surface area (Å²) in [7, 11) is 0. The van der Waals surface area contributed by atoms with Gasteiger partial charge in [-0.25, -0.2) is 0 Å². The van der Waals surface area contributed by atoms with E-state index in [0.29, 0.717) is 35.4 Å². The maximum absolute atomic E-state index is 12.3. The van der Waals surface area contributed by atoms with Gasteiger partial charge in [0.15, 0.2) is 6.61 Å². The van der Waals surface area contributed by atoms with Gasteiger partial charge in [0.05, 0.1) is 22.4 Å². The van der Waals surface area contributed by atoms with Crippen LogP contribution in [-0.2, 0) is 14.3 Å². The molecule has 0 radical (unpaired) electrons. The molecule has 1 saturated heterocycles. The van der Waals surface area contributed by atoms with E-state index >= 15 is 0 Å². The molecule has 2 aliphatic rings. The Morgan fingerprint density at radius 3 is 2.87 bits per heavy atom. The van der Waals surface area contributed by atoms with Crippen molar-refractivity contribution in [2.45, 2.75) is 18.9 Å². The first-order valence-corrected chi connectivity index (χ1v) is 7.83. The zero-order valence-corrected chi connectivity index (χ0v) is 13.2. The molecule has 3 rings (SSSR count). The van der Waals surface area contributed by atoms with Crippen molar-refractivity contribution in [1.29, 1.82) is 0 Å². The van der Waals surface area contributed by atoms with Crippen LogP contribution in [0.25, 0.3) is 0 Å². The van der Waals surface area contributed by atoms with E-state index in [9.17, 15) is 9.59 Å². The zero-order valence-electron chi connectivity index (χ0n) is 12.4. The topological polar surface area (TPSA) is 103 Å². The third-order valence-corrected chi connectivity index (χ3v) is 4.35. The first-order valence-electron chi connectivity index (χ1n) is 7.45. The predicted octanol–water partition coefficient (Wildman–Crippen LogP) is 1.36.